The molecule has 0 radical (unpaired) electrons. The average molecular weight is 275 g/mol. The minimum Gasteiger partial charge on any atom is -0.0622 e. The van der Waals surface area contributed by atoms with Gasteiger partial charge in [0.25, 0.3) is 0 Å². The number of rotatable bonds is 4. The van der Waals surface area contributed by atoms with E-state index < -0.39 is 0 Å². The summed E-state index contributed by atoms with van der Waals surface area (Å²) in [6.07, 6.45) is 8.40. The van der Waals surface area contributed by atoms with Crippen LogP contribution < -0.4 is 0 Å². The van der Waals surface area contributed by atoms with E-state index in [4.69, 9.17) is 0 Å². The van der Waals surface area contributed by atoms with E-state index in [0.29, 0.717) is 11.3 Å². The summed E-state index contributed by atoms with van der Waals surface area (Å²) in [5.41, 5.74) is 2.82. The molecule has 1 fully saturated rings. The van der Waals surface area contributed by atoms with Crippen LogP contribution in [0.4, 0.5) is 0 Å². The first kappa shape index (κ1) is 14.8. The predicted octanol–water partition coefficient (Wildman–Crippen LogP) is 5.53. The van der Waals surface area contributed by atoms with E-state index in [2.05, 4.69) is 64.3 Å². The molecule has 1 aromatic carbocycles. The Labute approximate surface area is 120 Å². The van der Waals surface area contributed by atoms with Gasteiger partial charge in [-0.25, -0.2) is 0 Å². The van der Waals surface area contributed by atoms with E-state index in [-0.39, 0.29) is 7.55 Å². The van der Waals surface area contributed by atoms with Gasteiger partial charge in [0, 0.05) is 5.92 Å². The summed E-state index contributed by atoms with van der Waals surface area (Å²) in [4.78, 5) is 0. The Kier molecular flexibility index (Phi) is 4.51. The first-order chi connectivity index (χ1) is 8.87. The first-order valence-electron chi connectivity index (χ1n) is 7.49. The Hall–Kier alpha value is -0.610. The molecule has 1 heteroatoms. The Morgan fingerprint density at radius 1 is 1.26 bits per heavy atom. The largest absolute Gasteiger partial charge is 0.123 e. The zero-order chi connectivity index (χ0) is 14.0. The van der Waals surface area contributed by atoms with Gasteiger partial charge < -0.3 is 0 Å². The molecule has 1 heterocycles. The summed E-state index contributed by atoms with van der Waals surface area (Å²) in [7, 11) is 0.0651. The monoisotopic (exact) mass is 275 g/mol. The van der Waals surface area contributed by atoms with Crippen LogP contribution in [0.1, 0.15) is 52.0 Å². The molecule has 0 aliphatic carbocycles. The van der Waals surface area contributed by atoms with Crippen molar-refractivity contribution in [2.24, 2.45) is 11.3 Å². The fourth-order valence-corrected chi connectivity index (χ4v) is 5.57. The molecule has 104 valence electrons. The van der Waals surface area contributed by atoms with Crippen molar-refractivity contribution in [1.29, 1.82) is 0 Å². The minimum absolute atomic E-state index is 0.0651. The van der Waals surface area contributed by atoms with Gasteiger partial charge in [0.2, 0.25) is 0 Å². The second-order valence-electron chi connectivity index (χ2n) is 7.42. The third-order valence-corrected chi connectivity index (χ3v) is 7.01. The molecule has 0 aromatic heterocycles. The summed E-state index contributed by atoms with van der Waals surface area (Å²) in [5.74, 6) is 1.61. The van der Waals surface area contributed by atoms with Gasteiger partial charge in [-0.05, 0) is 29.7 Å². The van der Waals surface area contributed by atoms with Crippen molar-refractivity contribution in [2.45, 2.75) is 52.1 Å². The third-order valence-electron chi connectivity index (χ3n) is 4.30. The molecule has 1 aromatic rings. The standard InChI is InChI=1S/C18H28P/c1-14-13-19(5)17(14)11-16(12-18(2,3)4)15-9-7-6-8-10-15/h6-10,14,16-17H,5,11-13H2,1-4H3/q+1. The molecular formula is C18H28P+. The smallest absolute Gasteiger partial charge is 0.0622 e. The molecule has 19 heavy (non-hydrogen) atoms. The normalized spacial score (nSPS) is 26.8. The van der Waals surface area contributed by atoms with Gasteiger partial charge in [0.15, 0.2) is 0 Å². The maximum Gasteiger partial charge on any atom is 0.123 e. The molecular weight excluding hydrogens is 247 g/mol. The summed E-state index contributed by atoms with van der Waals surface area (Å²) in [6, 6.07) is 11.1. The molecule has 1 aliphatic rings. The Morgan fingerprint density at radius 3 is 2.37 bits per heavy atom. The lowest BCUT2D eigenvalue weighted by atomic mass is 9.78. The highest BCUT2D eigenvalue weighted by Crippen LogP contribution is 2.51. The summed E-state index contributed by atoms with van der Waals surface area (Å²) >= 11 is 0. The topological polar surface area (TPSA) is 0 Å². The average Bonchev–Trinajstić information content (AvgIpc) is 2.34. The highest BCUT2D eigenvalue weighted by molar-refractivity contribution is 7.58. The van der Waals surface area contributed by atoms with Crippen LogP contribution in [0.3, 0.4) is 0 Å². The van der Waals surface area contributed by atoms with Crippen LogP contribution in [0, 0.1) is 11.3 Å². The lowest BCUT2D eigenvalue weighted by Crippen LogP contribution is -2.30. The van der Waals surface area contributed by atoms with Gasteiger partial charge in [0.05, 0.1) is 13.8 Å². The van der Waals surface area contributed by atoms with E-state index >= 15 is 0 Å². The Morgan fingerprint density at radius 2 is 1.89 bits per heavy atom. The number of hydrogen-bond acceptors (Lipinski definition) is 0. The molecule has 0 bridgehead atoms. The molecule has 0 spiro atoms. The lowest BCUT2D eigenvalue weighted by Gasteiger charge is -2.33. The van der Waals surface area contributed by atoms with E-state index in [1.807, 2.05) is 0 Å². The van der Waals surface area contributed by atoms with Gasteiger partial charge in [-0.1, -0.05) is 58.0 Å². The van der Waals surface area contributed by atoms with Crippen molar-refractivity contribution >= 4 is 13.8 Å². The molecule has 0 N–H and O–H groups in total. The molecule has 1 saturated heterocycles. The van der Waals surface area contributed by atoms with Crippen LogP contribution in [0.15, 0.2) is 30.3 Å². The highest BCUT2D eigenvalue weighted by Gasteiger charge is 2.43. The quantitative estimate of drug-likeness (QED) is 0.634. The van der Waals surface area contributed by atoms with Crippen molar-refractivity contribution in [3.8, 4) is 0 Å². The summed E-state index contributed by atoms with van der Waals surface area (Å²) in [6.45, 7) is 9.49. The highest BCUT2D eigenvalue weighted by atomic mass is 31.1. The zero-order valence-corrected chi connectivity index (χ0v) is 13.8. The summed E-state index contributed by atoms with van der Waals surface area (Å²) in [5, 5.41) is 0. The predicted molar refractivity (Wildman–Crippen MR) is 89.7 cm³/mol. The van der Waals surface area contributed by atoms with Crippen LogP contribution in [0.5, 0.6) is 0 Å². The molecule has 1 aliphatic heterocycles. The van der Waals surface area contributed by atoms with Crippen LogP contribution in [0.2, 0.25) is 0 Å². The third kappa shape index (κ3) is 3.93. The number of benzene rings is 1. The van der Waals surface area contributed by atoms with Crippen LogP contribution in [-0.2, 0) is 0 Å². The Bertz CT molecular complexity index is 427. The zero-order valence-electron chi connectivity index (χ0n) is 12.9. The van der Waals surface area contributed by atoms with E-state index in [1.54, 1.807) is 0 Å². The number of hydrogen-bond donors (Lipinski definition) is 0. The first-order valence-corrected chi connectivity index (χ1v) is 9.27. The molecule has 0 nitrogen and oxygen atoms in total. The second kappa shape index (κ2) is 5.80. The van der Waals surface area contributed by atoms with Gasteiger partial charge >= 0.3 is 0 Å². The van der Waals surface area contributed by atoms with E-state index in [0.717, 1.165) is 11.6 Å². The van der Waals surface area contributed by atoms with Crippen LogP contribution in [0.25, 0.3) is 0 Å². The van der Waals surface area contributed by atoms with Crippen molar-refractivity contribution in [3.05, 3.63) is 35.9 Å². The molecule has 0 amide bonds. The SMILES string of the molecule is C=[P+]1CC(C)C1CC(CC(C)(C)C)c1ccccc1. The Balaban J connectivity index is 2.13. The lowest BCUT2D eigenvalue weighted by molar-refractivity contribution is 0.319. The van der Waals surface area contributed by atoms with Gasteiger partial charge in [-0.15, -0.1) is 0 Å². The fraction of sp³-hybridized carbons (Fsp3) is 0.611. The van der Waals surface area contributed by atoms with Crippen molar-refractivity contribution in [2.75, 3.05) is 6.16 Å². The minimum atomic E-state index is 0.0651. The fourth-order valence-electron chi connectivity index (χ4n) is 3.32. The van der Waals surface area contributed by atoms with Gasteiger partial charge in [0.1, 0.15) is 11.8 Å². The molecule has 4 unspecified atom stereocenters. The van der Waals surface area contributed by atoms with Gasteiger partial charge in [-0.3, -0.25) is 0 Å². The maximum absolute atomic E-state index is 4.38. The van der Waals surface area contributed by atoms with E-state index in [9.17, 15) is 0 Å². The van der Waals surface area contributed by atoms with E-state index in [1.165, 1.54) is 24.6 Å². The van der Waals surface area contributed by atoms with Crippen molar-refractivity contribution in [1.82, 2.24) is 0 Å². The molecule has 0 saturated carbocycles. The second-order valence-corrected chi connectivity index (χ2v) is 9.63. The van der Waals surface area contributed by atoms with Gasteiger partial charge in [-0.2, -0.15) is 0 Å². The maximum atomic E-state index is 4.38. The van der Waals surface area contributed by atoms with Crippen molar-refractivity contribution in [3.63, 3.8) is 0 Å². The van der Waals surface area contributed by atoms with Crippen LogP contribution in [-0.4, -0.2) is 18.1 Å². The molecule has 4 atom stereocenters. The van der Waals surface area contributed by atoms with Crippen molar-refractivity contribution < 1.29 is 0 Å². The summed E-state index contributed by atoms with van der Waals surface area (Å²) < 4.78 is 0. The molecule has 2 rings (SSSR count). The van der Waals surface area contributed by atoms with Crippen LogP contribution >= 0.6 is 7.55 Å².